The summed E-state index contributed by atoms with van der Waals surface area (Å²) in [7, 11) is 1.89. The van der Waals surface area contributed by atoms with Crippen molar-refractivity contribution in [1.82, 2.24) is 10.2 Å². The number of hydrogen-bond donors (Lipinski definition) is 1. The summed E-state index contributed by atoms with van der Waals surface area (Å²) in [5.74, 6) is 0.568. The fraction of sp³-hybridized carbons (Fsp3) is 0.889. The van der Waals surface area contributed by atoms with Gasteiger partial charge in [-0.3, -0.25) is 9.59 Å². The number of hydrogen-bond acceptors (Lipinski definition) is 2. The normalized spacial score (nSPS) is 21.0. The lowest BCUT2D eigenvalue weighted by atomic mass is 9.83. The Morgan fingerprint density at radius 1 is 1.17 bits per heavy atom. The lowest BCUT2D eigenvalue weighted by Gasteiger charge is -2.26. The first-order valence-corrected chi connectivity index (χ1v) is 8.53. The van der Waals surface area contributed by atoms with E-state index >= 15 is 0 Å². The van der Waals surface area contributed by atoms with Crippen molar-refractivity contribution in [1.29, 1.82) is 0 Å². The van der Waals surface area contributed by atoms with E-state index in [1.165, 1.54) is 0 Å². The van der Waals surface area contributed by atoms with Gasteiger partial charge in [-0.2, -0.15) is 0 Å². The maximum Gasteiger partial charge on any atom is 0.223 e. The van der Waals surface area contributed by atoms with Crippen LogP contribution in [0.1, 0.15) is 60.3 Å². The standard InChI is InChI=1S/C18H33FN2O2/c1-17(2,3)12-16(23)21(6)14-9-13(14)10-18(4,5)11-15(22)20-8-7-19/h13-14H,7-12H2,1-6H3,(H,20,22). The molecule has 2 unspecified atom stereocenters. The molecule has 1 N–H and O–H groups in total. The van der Waals surface area contributed by atoms with E-state index in [4.69, 9.17) is 0 Å². The van der Waals surface area contributed by atoms with Crippen LogP contribution in [0.3, 0.4) is 0 Å². The van der Waals surface area contributed by atoms with Gasteiger partial charge in [0.15, 0.2) is 0 Å². The molecule has 0 aliphatic heterocycles. The molecule has 0 heterocycles. The summed E-state index contributed by atoms with van der Waals surface area (Å²) < 4.78 is 12.1. The fourth-order valence-electron chi connectivity index (χ4n) is 3.15. The van der Waals surface area contributed by atoms with E-state index in [0.29, 0.717) is 24.8 Å². The number of halogens is 1. The molecule has 134 valence electrons. The van der Waals surface area contributed by atoms with E-state index in [9.17, 15) is 14.0 Å². The molecule has 0 aromatic carbocycles. The van der Waals surface area contributed by atoms with E-state index < -0.39 is 6.67 Å². The van der Waals surface area contributed by atoms with Crippen molar-refractivity contribution in [2.45, 2.75) is 66.3 Å². The summed E-state index contributed by atoms with van der Waals surface area (Å²) in [6.07, 6.45) is 2.88. The van der Waals surface area contributed by atoms with Crippen molar-refractivity contribution in [2.75, 3.05) is 20.3 Å². The molecule has 1 fully saturated rings. The number of carbonyl (C=O) groups is 2. The van der Waals surface area contributed by atoms with Gasteiger partial charge in [0.05, 0.1) is 0 Å². The van der Waals surface area contributed by atoms with Crippen LogP contribution in [0.15, 0.2) is 0 Å². The minimum atomic E-state index is -0.530. The summed E-state index contributed by atoms with van der Waals surface area (Å²) in [6.45, 7) is 9.90. The van der Waals surface area contributed by atoms with Gasteiger partial charge in [0.25, 0.3) is 0 Å². The fourth-order valence-corrected chi connectivity index (χ4v) is 3.15. The number of alkyl halides is 1. The Balaban J connectivity index is 2.42. The molecule has 5 heteroatoms. The zero-order valence-electron chi connectivity index (χ0n) is 15.5. The maximum atomic E-state index is 12.3. The van der Waals surface area contributed by atoms with Gasteiger partial charge < -0.3 is 10.2 Å². The van der Waals surface area contributed by atoms with E-state index in [-0.39, 0.29) is 29.2 Å². The van der Waals surface area contributed by atoms with Crippen molar-refractivity contribution in [3.05, 3.63) is 0 Å². The van der Waals surface area contributed by atoms with Gasteiger partial charge in [0.2, 0.25) is 11.8 Å². The van der Waals surface area contributed by atoms with Gasteiger partial charge in [-0.25, -0.2) is 4.39 Å². The Labute approximate surface area is 140 Å². The summed E-state index contributed by atoms with van der Waals surface area (Å²) in [5, 5.41) is 2.58. The first kappa shape index (κ1) is 19.9. The molecule has 2 amide bonds. The molecule has 1 aliphatic carbocycles. The second kappa shape index (κ2) is 7.63. The predicted octanol–water partition coefficient (Wildman–Crippen LogP) is 3.16. The molecule has 0 aromatic heterocycles. The van der Waals surface area contributed by atoms with E-state index in [0.717, 1.165) is 12.8 Å². The molecule has 0 radical (unpaired) electrons. The molecule has 4 nitrogen and oxygen atoms in total. The summed E-state index contributed by atoms with van der Waals surface area (Å²) >= 11 is 0. The molecule has 2 atom stereocenters. The highest BCUT2D eigenvalue weighted by atomic mass is 19.1. The molecular weight excluding hydrogens is 295 g/mol. The third-order valence-corrected chi connectivity index (χ3v) is 4.33. The second-order valence-corrected chi connectivity index (χ2v) is 8.89. The van der Waals surface area contributed by atoms with Crippen LogP contribution in [0.2, 0.25) is 0 Å². The smallest absolute Gasteiger partial charge is 0.223 e. The molecular formula is C18H33FN2O2. The number of nitrogens with one attached hydrogen (secondary N) is 1. The molecule has 23 heavy (non-hydrogen) atoms. The van der Waals surface area contributed by atoms with Crippen molar-refractivity contribution >= 4 is 11.8 Å². The average Bonchev–Trinajstić information content (AvgIpc) is 3.10. The molecule has 0 aromatic rings. The molecule has 1 rings (SSSR count). The van der Waals surface area contributed by atoms with Crippen LogP contribution in [0.5, 0.6) is 0 Å². The van der Waals surface area contributed by atoms with Crippen LogP contribution < -0.4 is 5.32 Å². The Morgan fingerprint density at radius 2 is 1.78 bits per heavy atom. The number of carbonyl (C=O) groups excluding carboxylic acids is 2. The van der Waals surface area contributed by atoms with Gasteiger partial charge >= 0.3 is 0 Å². The molecule has 1 saturated carbocycles. The third kappa shape index (κ3) is 7.32. The van der Waals surface area contributed by atoms with Crippen LogP contribution >= 0.6 is 0 Å². The average molecular weight is 328 g/mol. The molecule has 0 saturated heterocycles. The molecule has 1 aliphatic rings. The van der Waals surface area contributed by atoms with Gasteiger partial charge in [-0.05, 0) is 29.6 Å². The molecule has 0 bridgehead atoms. The first-order chi connectivity index (χ1) is 10.4. The Bertz CT molecular complexity index is 429. The second-order valence-electron chi connectivity index (χ2n) is 8.89. The van der Waals surface area contributed by atoms with Crippen molar-refractivity contribution in [2.24, 2.45) is 16.7 Å². The van der Waals surface area contributed by atoms with E-state index in [1.807, 2.05) is 11.9 Å². The van der Waals surface area contributed by atoms with E-state index in [2.05, 4.69) is 39.9 Å². The topological polar surface area (TPSA) is 49.4 Å². The number of nitrogens with zero attached hydrogens (tertiary/aromatic N) is 1. The Hall–Kier alpha value is -1.13. The van der Waals surface area contributed by atoms with Gasteiger partial charge in [-0.15, -0.1) is 0 Å². The highest BCUT2D eigenvalue weighted by molar-refractivity contribution is 5.77. The monoisotopic (exact) mass is 328 g/mol. The third-order valence-electron chi connectivity index (χ3n) is 4.33. The van der Waals surface area contributed by atoms with Crippen LogP contribution in [0.25, 0.3) is 0 Å². The highest BCUT2D eigenvalue weighted by Gasteiger charge is 2.45. The largest absolute Gasteiger partial charge is 0.353 e. The van der Waals surface area contributed by atoms with Crippen LogP contribution in [0.4, 0.5) is 4.39 Å². The Morgan fingerprint density at radius 3 is 2.30 bits per heavy atom. The maximum absolute atomic E-state index is 12.3. The zero-order valence-corrected chi connectivity index (χ0v) is 15.5. The van der Waals surface area contributed by atoms with Gasteiger partial charge in [0, 0.05) is 32.5 Å². The zero-order chi connectivity index (χ0) is 17.8. The highest BCUT2D eigenvalue weighted by Crippen LogP contribution is 2.45. The predicted molar refractivity (Wildman–Crippen MR) is 90.7 cm³/mol. The van der Waals surface area contributed by atoms with Crippen LogP contribution in [0, 0.1) is 16.7 Å². The SMILES string of the molecule is CN(C(=O)CC(C)(C)C)C1CC1CC(C)(C)CC(=O)NCCF. The van der Waals surface area contributed by atoms with Crippen molar-refractivity contribution < 1.29 is 14.0 Å². The minimum Gasteiger partial charge on any atom is -0.353 e. The van der Waals surface area contributed by atoms with E-state index in [1.54, 1.807) is 0 Å². The summed E-state index contributed by atoms with van der Waals surface area (Å²) in [5.41, 5.74) is -0.128. The first-order valence-electron chi connectivity index (χ1n) is 8.53. The molecule has 0 spiro atoms. The quantitative estimate of drug-likeness (QED) is 0.744. The van der Waals surface area contributed by atoms with Crippen LogP contribution in [-0.2, 0) is 9.59 Å². The van der Waals surface area contributed by atoms with Gasteiger partial charge in [-0.1, -0.05) is 34.6 Å². The van der Waals surface area contributed by atoms with Gasteiger partial charge in [0.1, 0.15) is 6.67 Å². The summed E-state index contributed by atoms with van der Waals surface area (Å²) in [6, 6.07) is 0.304. The number of rotatable bonds is 8. The van der Waals surface area contributed by atoms with Crippen LogP contribution in [-0.4, -0.2) is 43.0 Å². The lowest BCUT2D eigenvalue weighted by molar-refractivity contribution is -0.132. The summed E-state index contributed by atoms with van der Waals surface area (Å²) in [4.78, 5) is 25.9. The number of amides is 2. The van der Waals surface area contributed by atoms with Crippen molar-refractivity contribution in [3.8, 4) is 0 Å². The Kier molecular flexibility index (Phi) is 6.60. The lowest BCUT2D eigenvalue weighted by Crippen LogP contribution is -2.34. The van der Waals surface area contributed by atoms with Crippen molar-refractivity contribution in [3.63, 3.8) is 0 Å². The minimum absolute atomic E-state index is 0.00348.